The molecular weight excluding hydrogens is 497 g/mol. The zero-order valence-electron chi connectivity index (χ0n) is 17.6. The first-order valence-corrected chi connectivity index (χ1v) is 11.5. The molecule has 0 fully saturated rings. The number of hydrogen-bond donors (Lipinski definition) is 1. The maximum absolute atomic E-state index is 12.1. The summed E-state index contributed by atoms with van der Waals surface area (Å²) in [5.74, 6) is 0.721. The summed E-state index contributed by atoms with van der Waals surface area (Å²) in [6, 6.07) is 7.29. The molecular formula is C17H18F3N5NaO5PS. The van der Waals surface area contributed by atoms with E-state index in [0.717, 1.165) is 4.90 Å². The van der Waals surface area contributed by atoms with Gasteiger partial charge < -0.3 is 33.8 Å². The number of methoxy groups -OCH3 is 1. The third-order valence-corrected chi connectivity index (χ3v) is 5.88. The van der Waals surface area contributed by atoms with Gasteiger partial charge in [-0.05, 0) is 24.3 Å². The predicted octanol–water partition coefficient (Wildman–Crippen LogP) is -0.321. The summed E-state index contributed by atoms with van der Waals surface area (Å²) in [6.45, 7) is -1.91. The van der Waals surface area contributed by atoms with Crippen LogP contribution in [0.25, 0.3) is 11.2 Å². The van der Waals surface area contributed by atoms with E-state index in [2.05, 4.69) is 19.5 Å². The molecule has 33 heavy (non-hydrogen) atoms. The zero-order chi connectivity index (χ0) is 23.4. The molecule has 1 aromatic carbocycles. The fourth-order valence-electron chi connectivity index (χ4n) is 2.47. The minimum atomic E-state index is -4.78. The number of fused-ring (bicyclic) bond motifs is 1. The van der Waals surface area contributed by atoms with Crippen molar-refractivity contribution in [1.29, 1.82) is 0 Å². The Bertz CT molecular complexity index is 1120. The molecule has 0 radical (unpaired) electrons. The van der Waals surface area contributed by atoms with Crippen LogP contribution in [0.4, 0.5) is 19.1 Å². The van der Waals surface area contributed by atoms with Crippen molar-refractivity contribution < 1.29 is 66.2 Å². The molecule has 0 aliphatic heterocycles. The van der Waals surface area contributed by atoms with Crippen LogP contribution in [0.15, 0.2) is 40.5 Å². The Morgan fingerprint density at radius 3 is 2.58 bits per heavy atom. The van der Waals surface area contributed by atoms with Crippen LogP contribution >= 0.6 is 19.4 Å². The van der Waals surface area contributed by atoms with Gasteiger partial charge in [-0.15, -0.1) is 0 Å². The van der Waals surface area contributed by atoms with Crippen LogP contribution in [0.2, 0.25) is 0 Å². The van der Waals surface area contributed by atoms with Crippen LogP contribution in [0, 0.1) is 0 Å². The van der Waals surface area contributed by atoms with Crippen LogP contribution in [-0.4, -0.2) is 52.4 Å². The first-order chi connectivity index (χ1) is 15.1. The molecule has 0 saturated carbocycles. The van der Waals surface area contributed by atoms with Gasteiger partial charge in [0.15, 0.2) is 13.2 Å². The van der Waals surface area contributed by atoms with E-state index >= 15 is 0 Å². The van der Waals surface area contributed by atoms with Gasteiger partial charge in [-0.3, -0.25) is 0 Å². The number of benzene rings is 1. The van der Waals surface area contributed by atoms with Gasteiger partial charge in [0.2, 0.25) is 5.95 Å². The third kappa shape index (κ3) is 8.41. The molecule has 1 atom stereocenters. The molecule has 0 aliphatic carbocycles. The molecule has 16 heteroatoms. The van der Waals surface area contributed by atoms with Crippen molar-refractivity contribution in [3.05, 3.63) is 30.6 Å². The fraction of sp³-hybridized carbons (Fsp3) is 0.353. The van der Waals surface area contributed by atoms with E-state index in [1.54, 1.807) is 23.8 Å². The van der Waals surface area contributed by atoms with Crippen LogP contribution in [0.1, 0.15) is 0 Å². The number of nitrogens with zero attached hydrogens (tertiary/aromatic N) is 4. The molecule has 2 N–H and O–H groups in total. The summed E-state index contributed by atoms with van der Waals surface area (Å²) < 4.78 is 63.2. The van der Waals surface area contributed by atoms with Crippen molar-refractivity contribution in [3.63, 3.8) is 0 Å². The van der Waals surface area contributed by atoms with Crippen molar-refractivity contribution in [3.8, 4) is 5.75 Å². The van der Waals surface area contributed by atoms with Gasteiger partial charge in [0.1, 0.15) is 29.2 Å². The molecule has 2 aromatic heterocycles. The van der Waals surface area contributed by atoms with E-state index in [1.807, 2.05) is 12.1 Å². The minimum Gasteiger partial charge on any atom is -0.777 e. The quantitative estimate of drug-likeness (QED) is 0.166. The minimum absolute atomic E-state index is 0. The van der Waals surface area contributed by atoms with Gasteiger partial charge in [0.25, 0.3) is 0 Å². The number of imidazole rings is 1. The Labute approximate surface area is 212 Å². The van der Waals surface area contributed by atoms with Crippen molar-refractivity contribution in [2.45, 2.75) is 22.6 Å². The van der Waals surface area contributed by atoms with Gasteiger partial charge in [-0.25, -0.2) is 9.97 Å². The summed E-state index contributed by atoms with van der Waals surface area (Å²) in [5, 5.41) is 0.516. The van der Waals surface area contributed by atoms with Gasteiger partial charge in [-0.2, -0.15) is 18.2 Å². The van der Waals surface area contributed by atoms with E-state index in [4.69, 9.17) is 15.2 Å². The molecule has 3 rings (SSSR count). The molecule has 0 amide bonds. The van der Waals surface area contributed by atoms with Gasteiger partial charge in [-0.1, -0.05) is 11.8 Å². The van der Waals surface area contributed by atoms with E-state index in [-0.39, 0.29) is 48.7 Å². The largest absolute Gasteiger partial charge is 1.00 e. The normalized spacial score (nSPS) is 13.5. The first kappa shape index (κ1) is 27.9. The Hall–Kier alpha value is -1.38. The number of alkyl halides is 3. The molecule has 10 nitrogen and oxygen atoms in total. The van der Waals surface area contributed by atoms with E-state index < -0.39 is 26.7 Å². The second-order valence-corrected chi connectivity index (χ2v) is 9.11. The predicted molar refractivity (Wildman–Crippen MR) is 107 cm³/mol. The number of ether oxygens (including phenoxy) is 2. The van der Waals surface area contributed by atoms with E-state index in [1.165, 1.54) is 18.1 Å². The molecule has 0 spiro atoms. The molecule has 1 unspecified atom stereocenters. The summed E-state index contributed by atoms with van der Waals surface area (Å²) in [6.07, 6.45) is -4.29. The molecule has 2 heterocycles. The average molecular weight is 515 g/mol. The number of aromatic nitrogens is 4. The molecule has 3 aromatic rings. The van der Waals surface area contributed by atoms with Crippen LogP contribution in [-0.2, 0) is 20.4 Å². The fourth-order valence-corrected chi connectivity index (χ4v) is 4.12. The van der Waals surface area contributed by atoms with Crippen molar-refractivity contribution in [1.82, 2.24) is 19.5 Å². The SMILES string of the molecule is COc1ccc(Sc2nc(N)nc3c2ncn3CCOCP(=O)([O-])OCC(F)(F)F)cc1.[Na+]. The van der Waals surface area contributed by atoms with Crippen LogP contribution in [0.3, 0.4) is 0 Å². The van der Waals surface area contributed by atoms with Crippen molar-refractivity contribution in [2.24, 2.45) is 0 Å². The summed E-state index contributed by atoms with van der Waals surface area (Å²) >= 11 is 1.32. The van der Waals surface area contributed by atoms with Crippen LogP contribution < -0.4 is 44.9 Å². The number of anilines is 1. The van der Waals surface area contributed by atoms with Crippen LogP contribution in [0.5, 0.6) is 5.75 Å². The third-order valence-electron chi connectivity index (χ3n) is 3.87. The Morgan fingerprint density at radius 1 is 1.24 bits per heavy atom. The standard InChI is InChI=1S/C17H19F3N5O5PS.Na/c1-28-11-2-4-12(5-3-11)32-15-13-14(23-16(21)24-15)25(9-22-13)6-7-29-10-31(26,27)30-8-17(18,19)20;/h2-5,9H,6-8,10H2,1H3,(H,26,27)(H2,21,23,24);/q;+1/p-1. The first-order valence-electron chi connectivity index (χ1n) is 8.96. The van der Waals surface area contributed by atoms with Gasteiger partial charge in [0, 0.05) is 11.4 Å². The number of rotatable bonds is 10. The Balaban J connectivity index is 0.00000385. The average Bonchev–Trinajstić information content (AvgIpc) is 3.13. The maximum Gasteiger partial charge on any atom is 1.00 e. The number of nitrogen functional groups attached to an aromatic ring is 1. The summed E-state index contributed by atoms with van der Waals surface area (Å²) in [5.41, 5.74) is 6.69. The summed E-state index contributed by atoms with van der Waals surface area (Å²) in [4.78, 5) is 25.0. The number of hydrogen-bond acceptors (Lipinski definition) is 10. The maximum atomic E-state index is 12.1. The van der Waals surface area contributed by atoms with Crippen molar-refractivity contribution >= 4 is 36.5 Å². The van der Waals surface area contributed by atoms with Crippen molar-refractivity contribution in [2.75, 3.05) is 32.4 Å². The number of halogens is 3. The topological polar surface area (TPSA) is 137 Å². The zero-order valence-corrected chi connectivity index (χ0v) is 21.3. The Kier molecular flexibility index (Phi) is 10.0. The molecule has 174 valence electrons. The monoisotopic (exact) mass is 515 g/mol. The van der Waals surface area contributed by atoms with E-state index in [0.29, 0.717) is 21.9 Å². The molecule has 0 aliphatic rings. The smallest absolute Gasteiger partial charge is 0.777 e. The van der Waals surface area contributed by atoms with E-state index in [9.17, 15) is 22.6 Å². The number of nitrogens with two attached hydrogens (primary N) is 1. The summed E-state index contributed by atoms with van der Waals surface area (Å²) in [7, 11) is -3.21. The van der Waals surface area contributed by atoms with Gasteiger partial charge in [0.05, 0.1) is 20.0 Å². The van der Waals surface area contributed by atoms with Gasteiger partial charge >= 0.3 is 35.7 Å². The Morgan fingerprint density at radius 2 is 1.94 bits per heavy atom. The second kappa shape index (κ2) is 11.8. The molecule has 0 bridgehead atoms. The molecule has 0 saturated heterocycles. The second-order valence-electron chi connectivity index (χ2n) is 6.31.